The second-order valence-corrected chi connectivity index (χ2v) is 8.48. The molecule has 3 N–H and O–H groups in total. The van der Waals surface area contributed by atoms with Gasteiger partial charge in [-0.1, -0.05) is 17.7 Å². The number of carbonyl (C=O) groups is 1. The molecule has 10 nitrogen and oxygen atoms in total. The minimum absolute atomic E-state index is 0.162. The van der Waals surface area contributed by atoms with Crippen LogP contribution in [0, 0.1) is 0 Å². The molecule has 1 fully saturated rings. The van der Waals surface area contributed by atoms with Crippen LogP contribution >= 0.6 is 11.6 Å². The van der Waals surface area contributed by atoms with E-state index in [9.17, 15) is 9.90 Å². The Bertz CT molecular complexity index is 1160. The fraction of sp³-hybridized carbons (Fsp3) is 0.348. The lowest BCUT2D eigenvalue weighted by atomic mass is 10.2. The van der Waals surface area contributed by atoms with Crippen molar-refractivity contribution in [3.8, 4) is 5.75 Å². The zero-order chi connectivity index (χ0) is 24.1. The highest BCUT2D eigenvalue weighted by Crippen LogP contribution is 2.31. The molecule has 1 saturated heterocycles. The Hall–Kier alpha value is -3.50. The minimum Gasteiger partial charge on any atom is -0.495 e. The Kier molecular flexibility index (Phi) is 7.09. The molecule has 1 aromatic carbocycles. The van der Waals surface area contributed by atoms with Crippen LogP contribution < -0.4 is 20.3 Å². The molecule has 4 rings (SSSR count). The average molecular weight is 484 g/mol. The van der Waals surface area contributed by atoms with Crippen molar-refractivity contribution in [3.05, 3.63) is 64.8 Å². The maximum atomic E-state index is 13.0. The molecule has 0 radical (unpaired) electrons. The molecule has 0 bridgehead atoms. The van der Waals surface area contributed by atoms with E-state index in [0.717, 1.165) is 12.0 Å². The zero-order valence-electron chi connectivity index (χ0n) is 19.0. The molecular weight excluding hydrogens is 458 g/mol. The Morgan fingerprint density at radius 1 is 1.26 bits per heavy atom. The van der Waals surface area contributed by atoms with Crippen LogP contribution in [0.1, 0.15) is 41.5 Å². The molecule has 1 amide bonds. The first-order valence-corrected chi connectivity index (χ1v) is 11.2. The number of benzene rings is 1. The number of ether oxygens (including phenoxy) is 1. The molecule has 178 valence electrons. The van der Waals surface area contributed by atoms with Crippen LogP contribution in [0.4, 0.5) is 11.8 Å². The van der Waals surface area contributed by atoms with Crippen LogP contribution in [0.2, 0.25) is 5.02 Å². The molecule has 1 unspecified atom stereocenters. The van der Waals surface area contributed by atoms with Gasteiger partial charge in [-0.3, -0.25) is 4.79 Å². The van der Waals surface area contributed by atoms with Gasteiger partial charge in [0.1, 0.15) is 28.7 Å². The number of aromatic nitrogens is 4. The van der Waals surface area contributed by atoms with Crippen LogP contribution in [-0.2, 0) is 13.1 Å². The van der Waals surface area contributed by atoms with E-state index in [1.165, 1.54) is 6.20 Å². The van der Waals surface area contributed by atoms with Crippen molar-refractivity contribution >= 4 is 29.3 Å². The summed E-state index contributed by atoms with van der Waals surface area (Å²) in [6.45, 7) is 2.88. The van der Waals surface area contributed by atoms with Gasteiger partial charge in [-0.25, -0.2) is 15.0 Å². The van der Waals surface area contributed by atoms with Crippen molar-refractivity contribution in [3.63, 3.8) is 0 Å². The second kappa shape index (κ2) is 10.2. The number of hydrogen-bond donors (Lipinski definition) is 3. The van der Waals surface area contributed by atoms with Crippen LogP contribution in [0.15, 0.2) is 42.9 Å². The molecule has 0 aliphatic carbocycles. The summed E-state index contributed by atoms with van der Waals surface area (Å²) in [5.74, 6) is 1.38. The summed E-state index contributed by atoms with van der Waals surface area (Å²) in [4.78, 5) is 31.9. The quantitative estimate of drug-likeness (QED) is 0.443. The van der Waals surface area contributed by atoms with Crippen molar-refractivity contribution in [1.82, 2.24) is 25.3 Å². The highest BCUT2D eigenvalue weighted by molar-refractivity contribution is 6.32. The topological polar surface area (TPSA) is 125 Å². The largest absolute Gasteiger partial charge is 0.495 e. The number of rotatable bonds is 8. The monoisotopic (exact) mass is 483 g/mol. The molecule has 34 heavy (non-hydrogen) atoms. The van der Waals surface area contributed by atoms with E-state index in [1.807, 2.05) is 6.07 Å². The van der Waals surface area contributed by atoms with Crippen molar-refractivity contribution in [2.24, 2.45) is 0 Å². The number of aliphatic hydroxyl groups is 1. The average Bonchev–Trinajstić information content (AvgIpc) is 3.20. The summed E-state index contributed by atoms with van der Waals surface area (Å²) in [6.07, 6.45) is 6.12. The summed E-state index contributed by atoms with van der Waals surface area (Å²) in [6, 6.07) is 7.14. The van der Waals surface area contributed by atoms with Crippen LogP contribution in [-0.4, -0.2) is 50.3 Å². The van der Waals surface area contributed by atoms with Crippen molar-refractivity contribution in [2.45, 2.75) is 38.6 Å². The van der Waals surface area contributed by atoms with Crippen molar-refractivity contribution in [2.75, 3.05) is 23.9 Å². The lowest BCUT2D eigenvalue weighted by molar-refractivity contribution is 0.0701. The standard InChI is InChI=1S/C23H26ClN7O3/c1-23(33)7-3-10-31(23)22-29-13-16(21(32)28-14-19-25-8-4-9-26-19)20(30-22)27-12-15-5-6-18(34-2)17(24)11-15/h4-6,8-9,11,13,33H,3,7,10,12,14H2,1-2H3,(H,28,32)(H,27,29,30). The van der Waals surface area contributed by atoms with E-state index in [1.54, 1.807) is 49.5 Å². The number of amides is 1. The maximum absolute atomic E-state index is 13.0. The molecule has 0 spiro atoms. The number of carbonyl (C=O) groups excluding carboxylic acids is 1. The van der Waals surface area contributed by atoms with Crippen LogP contribution in [0.5, 0.6) is 5.75 Å². The van der Waals surface area contributed by atoms with Gasteiger partial charge in [-0.15, -0.1) is 0 Å². The number of anilines is 2. The molecular formula is C23H26ClN7O3. The Morgan fingerprint density at radius 2 is 2.06 bits per heavy atom. The van der Waals surface area contributed by atoms with E-state index in [-0.39, 0.29) is 18.0 Å². The Balaban J connectivity index is 1.58. The highest BCUT2D eigenvalue weighted by atomic mass is 35.5. The maximum Gasteiger partial charge on any atom is 0.256 e. The van der Waals surface area contributed by atoms with Gasteiger partial charge >= 0.3 is 0 Å². The number of methoxy groups -OCH3 is 1. The van der Waals surface area contributed by atoms with Crippen LogP contribution in [0.25, 0.3) is 0 Å². The first-order valence-electron chi connectivity index (χ1n) is 10.8. The third-order valence-corrected chi connectivity index (χ3v) is 5.87. The van der Waals surface area contributed by atoms with E-state index in [2.05, 4.69) is 30.6 Å². The zero-order valence-corrected chi connectivity index (χ0v) is 19.7. The number of nitrogens with one attached hydrogen (secondary N) is 2. The van der Waals surface area contributed by atoms with E-state index < -0.39 is 5.72 Å². The van der Waals surface area contributed by atoms with Crippen molar-refractivity contribution in [1.29, 1.82) is 0 Å². The molecule has 3 heterocycles. The third kappa shape index (κ3) is 5.35. The summed E-state index contributed by atoms with van der Waals surface area (Å²) >= 11 is 6.25. The predicted octanol–water partition coefficient (Wildman–Crippen LogP) is 2.78. The molecule has 1 aliphatic rings. The normalized spacial score (nSPS) is 17.5. The fourth-order valence-corrected chi connectivity index (χ4v) is 4.03. The fourth-order valence-electron chi connectivity index (χ4n) is 3.75. The Morgan fingerprint density at radius 3 is 2.74 bits per heavy atom. The van der Waals surface area contributed by atoms with Gasteiger partial charge in [-0.2, -0.15) is 4.98 Å². The lowest BCUT2D eigenvalue weighted by Crippen LogP contribution is -2.42. The molecule has 1 atom stereocenters. The second-order valence-electron chi connectivity index (χ2n) is 8.07. The summed E-state index contributed by atoms with van der Waals surface area (Å²) in [5, 5.41) is 17.2. The first-order chi connectivity index (χ1) is 16.4. The first kappa shape index (κ1) is 23.7. The van der Waals surface area contributed by atoms with Gasteiger partial charge in [0, 0.05) is 31.7 Å². The van der Waals surface area contributed by atoms with Gasteiger partial charge in [0.15, 0.2) is 0 Å². The third-order valence-electron chi connectivity index (χ3n) is 5.58. The molecule has 1 aliphatic heterocycles. The van der Waals surface area contributed by atoms with Gasteiger partial charge < -0.3 is 25.4 Å². The van der Waals surface area contributed by atoms with Gasteiger partial charge in [0.2, 0.25) is 5.95 Å². The van der Waals surface area contributed by atoms with E-state index in [4.69, 9.17) is 16.3 Å². The van der Waals surface area contributed by atoms with Gasteiger partial charge in [0.05, 0.1) is 18.7 Å². The van der Waals surface area contributed by atoms with E-state index >= 15 is 0 Å². The minimum atomic E-state index is -1.05. The summed E-state index contributed by atoms with van der Waals surface area (Å²) in [7, 11) is 1.56. The number of halogens is 1. The van der Waals surface area contributed by atoms with Crippen molar-refractivity contribution < 1.29 is 14.6 Å². The molecule has 2 aromatic heterocycles. The molecule has 0 saturated carbocycles. The highest BCUT2D eigenvalue weighted by Gasteiger charge is 2.36. The van der Waals surface area contributed by atoms with Crippen LogP contribution in [0.3, 0.4) is 0 Å². The Labute approximate surface area is 202 Å². The predicted molar refractivity (Wildman–Crippen MR) is 128 cm³/mol. The lowest BCUT2D eigenvalue weighted by Gasteiger charge is -2.30. The number of hydrogen-bond acceptors (Lipinski definition) is 9. The number of nitrogens with zero attached hydrogens (tertiary/aromatic N) is 5. The summed E-state index contributed by atoms with van der Waals surface area (Å²) < 4.78 is 5.20. The molecule has 11 heteroatoms. The van der Waals surface area contributed by atoms with Gasteiger partial charge in [-0.05, 0) is 43.5 Å². The van der Waals surface area contributed by atoms with Gasteiger partial charge in [0.25, 0.3) is 5.91 Å². The van der Waals surface area contributed by atoms with E-state index in [0.29, 0.717) is 47.9 Å². The smallest absolute Gasteiger partial charge is 0.256 e. The summed E-state index contributed by atoms with van der Waals surface area (Å²) in [5.41, 5.74) is 0.0937. The molecule has 3 aromatic rings. The SMILES string of the molecule is COc1ccc(CNc2nc(N3CCCC3(C)O)ncc2C(=O)NCc2ncccn2)cc1Cl.